The Bertz CT molecular complexity index is 1100. The van der Waals surface area contributed by atoms with E-state index in [9.17, 15) is 10.1 Å². The van der Waals surface area contributed by atoms with Gasteiger partial charge in [-0.2, -0.15) is 5.26 Å². The summed E-state index contributed by atoms with van der Waals surface area (Å²) in [5.41, 5.74) is 5.70. The maximum atomic E-state index is 12.8. The maximum absolute atomic E-state index is 12.8. The summed E-state index contributed by atoms with van der Waals surface area (Å²) in [5, 5.41) is 12.9. The molecule has 1 saturated heterocycles. The van der Waals surface area contributed by atoms with Crippen LogP contribution < -0.4 is 10.1 Å². The fourth-order valence-corrected chi connectivity index (χ4v) is 4.19. The van der Waals surface area contributed by atoms with Gasteiger partial charge in [-0.3, -0.25) is 9.78 Å². The van der Waals surface area contributed by atoms with Gasteiger partial charge in [-0.05, 0) is 18.2 Å². The molecule has 2 heterocycles. The molecule has 172 valence electrons. The minimum atomic E-state index is -0.0152. The highest BCUT2D eigenvalue weighted by Gasteiger charge is 2.22. The quantitative estimate of drug-likeness (QED) is 0.620. The van der Waals surface area contributed by atoms with Gasteiger partial charge in [0.1, 0.15) is 5.75 Å². The minimum Gasteiger partial charge on any atom is -0.496 e. The van der Waals surface area contributed by atoms with E-state index in [0.29, 0.717) is 69.2 Å². The summed E-state index contributed by atoms with van der Waals surface area (Å²) in [6.07, 6.45) is 3.09. The van der Waals surface area contributed by atoms with E-state index in [1.807, 2.05) is 24.3 Å². The highest BCUT2D eigenvalue weighted by molar-refractivity contribution is 5.95. The van der Waals surface area contributed by atoms with Crippen molar-refractivity contribution in [1.82, 2.24) is 9.88 Å². The average Bonchev–Trinajstić information content (AvgIpc) is 3.28. The molecule has 4 rings (SSSR count). The zero-order valence-electron chi connectivity index (χ0n) is 19.0. The van der Waals surface area contributed by atoms with Crippen LogP contribution in [0.3, 0.4) is 0 Å². The van der Waals surface area contributed by atoms with Gasteiger partial charge in [-0.1, -0.05) is 12.1 Å². The van der Waals surface area contributed by atoms with Gasteiger partial charge in [-0.25, -0.2) is 0 Å². The molecular weight excluding hydrogens is 420 g/mol. The monoisotopic (exact) mass is 448 g/mol. The van der Waals surface area contributed by atoms with Crippen LogP contribution in [-0.2, 0) is 22.3 Å². The molecule has 1 aliphatic carbocycles. The molecule has 1 aromatic heterocycles. The molecule has 0 spiro atoms. The van der Waals surface area contributed by atoms with Crippen molar-refractivity contribution < 1.29 is 19.0 Å². The molecule has 2 aliphatic rings. The molecule has 8 nitrogen and oxygen atoms in total. The molecular formula is C25H28N4O4. The van der Waals surface area contributed by atoms with Crippen LogP contribution in [0.25, 0.3) is 5.57 Å². The average molecular weight is 449 g/mol. The van der Waals surface area contributed by atoms with Crippen molar-refractivity contribution in [3.63, 3.8) is 0 Å². The normalized spacial score (nSPS) is 14.9. The molecule has 0 unspecified atom stereocenters. The lowest BCUT2D eigenvalue weighted by atomic mass is 10.0. The first kappa shape index (κ1) is 22.8. The molecule has 1 fully saturated rings. The molecule has 1 aromatic carbocycles. The van der Waals surface area contributed by atoms with Crippen LogP contribution >= 0.6 is 0 Å². The first-order valence-electron chi connectivity index (χ1n) is 11.0. The SMILES string of the molecule is COCCNc1cc(Cc2ccc(C(=O)N3CCOCC3)cc2OC)nc2c1C(C#N)=CC2. The first-order chi connectivity index (χ1) is 16.1. The fourth-order valence-electron chi connectivity index (χ4n) is 4.19. The molecule has 33 heavy (non-hydrogen) atoms. The number of hydrogen-bond acceptors (Lipinski definition) is 7. The number of hydrogen-bond donors (Lipinski definition) is 1. The van der Waals surface area contributed by atoms with Crippen molar-refractivity contribution in [1.29, 1.82) is 5.26 Å². The summed E-state index contributed by atoms with van der Waals surface area (Å²) in [4.78, 5) is 19.5. The summed E-state index contributed by atoms with van der Waals surface area (Å²) in [5.74, 6) is 0.639. The van der Waals surface area contributed by atoms with Crippen molar-refractivity contribution >= 4 is 17.2 Å². The maximum Gasteiger partial charge on any atom is 0.254 e. The minimum absolute atomic E-state index is 0.0152. The van der Waals surface area contributed by atoms with Crippen LogP contribution in [0.5, 0.6) is 5.75 Å². The van der Waals surface area contributed by atoms with Gasteiger partial charge >= 0.3 is 0 Å². The number of ether oxygens (including phenoxy) is 3. The zero-order valence-corrected chi connectivity index (χ0v) is 19.0. The van der Waals surface area contributed by atoms with Gasteiger partial charge in [-0.15, -0.1) is 0 Å². The van der Waals surface area contributed by atoms with Gasteiger partial charge in [0.2, 0.25) is 0 Å². The van der Waals surface area contributed by atoms with Gasteiger partial charge in [0.25, 0.3) is 5.91 Å². The van der Waals surface area contributed by atoms with Crippen molar-refractivity contribution in [3.05, 3.63) is 58.4 Å². The number of nitrogens with zero attached hydrogens (tertiary/aromatic N) is 3. The lowest BCUT2D eigenvalue weighted by molar-refractivity contribution is 0.0302. The smallest absolute Gasteiger partial charge is 0.254 e. The Kier molecular flexibility index (Phi) is 7.23. The third kappa shape index (κ3) is 5.00. The molecule has 0 radical (unpaired) electrons. The number of carbonyl (C=O) groups excluding carboxylic acids is 1. The van der Waals surface area contributed by atoms with Crippen LogP contribution in [0.4, 0.5) is 5.69 Å². The number of benzene rings is 1. The number of nitrogens with one attached hydrogen (secondary N) is 1. The standard InChI is InChI=1S/C25H28N4O4/c1-31-10-7-27-22-15-20(28-21-6-5-19(16-26)24(21)22)13-17-3-4-18(14-23(17)32-2)25(30)29-8-11-33-12-9-29/h3-5,14-15H,6-13H2,1-2H3,(H,27,28). The van der Waals surface area contributed by atoms with Crippen LogP contribution in [0.15, 0.2) is 30.3 Å². The van der Waals surface area contributed by atoms with Gasteiger partial charge in [0.05, 0.1) is 44.3 Å². The van der Waals surface area contributed by atoms with Crippen molar-refractivity contribution in [2.24, 2.45) is 0 Å². The first-order valence-corrected chi connectivity index (χ1v) is 11.0. The summed E-state index contributed by atoms with van der Waals surface area (Å²) in [7, 11) is 3.27. The number of allylic oxidation sites excluding steroid dienone is 2. The predicted molar refractivity (Wildman–Crippen MR) is 124 cm³/mol. The third-order valence-electron chi connectivity index (χ3n) is 5.86. The van der Waals surface area contributed by atoms with E-state index in [1.54, 1.807) is 25.2 Å². The number of amides is 1. The Hall–Kier alpha value is -3.41. The number of pyridine rings is 1. The number of aromatic nitrogens is 1. The highest BCUT2D eigenvalue weighted by Crippen LogP contribution is 2.34. The second kappa shape index (κ2) is 10.5. The number of carbonyl (C=O) groups is 1. The molecule has 0 bridgehead atoms. The van der Waals surface area contributed by atoms with Crippen LogP contribution in [0.2, 0.25) is 0 Å². The Morgan fingerprint density at radius 1 is 1.27 bits per heavy atom. The largest absolute Gasteiger partial charge is 0.496 e. The molecule has 1 aliphatic heterocycles. The topological polar surface area (TPSA) is 96.7 Å². The summed E-state index contributed by atoms with van der Waals surface area (Å²) in [6.45, 7) is 3.51. The van der Waals surface area contributed by atoms with Crippen molar-refractivity contribution in [2.45, 2.75) is 12.8 Å². The fraction of sp³-hybridized carbons (Fsp3) is 0.400. The zero-order chi connectivity index (χ0) is 23.2. The van der Waals surface area contributed by atoms with Crippen molar-refractivity contribution in [3.8, 4) is 11.8 Å². The molecule has 1 amide bonds. The highest BCUT2D eigenvalue weighted by atomic mass is 16.5. The molecule has 2 aromatic rings. The van der Waals surface area contributed by atoms with E-state index < -0.39 is 0 Å². The molecule has 8 heteroatoms. The van der Waals surface area contributed by atoms with Crippen molar-refractivity contribution in [2.75, 3.05) is 59.0 Å². The molecule has 0 saturated carbocycles. The van der Waals surface area contributed by atoms with E-state index in [0.717, 1.165) is 28.2 Å². The van der Waals surface area contributed by atoms with Crippen LogP contribution in [-0.4, -0.2) is 69.5 Å². The lowest BCUT2D eigenvalue weighted by Crippen LogP contribution is -2.40. The Morgan fingerprint density at radius 3 is 2.82 bits per heavy atom. The number of methoxy groups -OCH3 is 2. The predicted octanol–water partition coefficient (Wildman–Crippen LogP) is 2.67. The Morgan fingerprint density at radius 2 is 2.09 bits per heavy atom. The third-order valence-corrected chi connectivity index (χ3v) is 5.86. The van der Waals surface area contributed by atoms with E-state index in [2.05, 4.69) is 11.4 Å². The number of rotatable bonds is 8. The number of morpholine rings is 1. The van der Waals surface area contributed by atoms with Gasteiger partial charge in [0, 0.05) is 67.7 Å². The van der Waals surface area contributed by atoms with E-state index in [4.69, 9.17) is 19.2 Å². The lowest BCUT2D eigenvalue weighted by Gasteiger charge is -2.27. The number of fused-ring (bicyclic) bond motifs is 1. The van der Waals surface area contributed by atoms with Crippen LogP contribution in [0, 0.1) is 11.3 Å². The Labute approximate surface area is 193 Å². The second-order valence-electron chi connectivity index (χ2n) is 7.94. The summed E-state index contributed by atoms with van der Waals surface area (Å²) in [6, 6.07) is 9.82. The van der Waals surface area contributed by atoms with Gasteiger partial charge in [0.15, 0.2) is 0 Å². The Balaban J connectivity index is 1.59. The van der Waals surface area contributed by atoms with Crippen LogP contribution in [0.1, 0.15) is 32.9 Å². The van der Waals surface area contributed by atoms with Gasteiger partial charge < -0.3 is 24.4 Å². The van der Waals surface area contributed by atoms with E-state index >= 15 is 0 Å². The summed E-state index contributed by atoms with van der Waals surface area (Å²) >= 11 is 0. The molecule has 0 atom stereocenters. The van der Waals surface area contributed by atoms with E-state index in [1.165, 1.54) is 0 Å². The second-order valence-corrected chi connectivity index (χ2v) is 7.94. The number of anilines is 1. The summed E-state index contributed by atoms with van der Waals surface area (Å²) < 4.78 is 16.1. The van der Waals surface area contributed by atoms with E-state index in [-0.39, 0.29) is 5.91 Å². The molecule has 1 N–H and O–H groups in total. The number of nitriles is 1.